The van der Waals surface area contributed by atoms with Crippen LogP contribution in [0.4, 0.5) is 15.8 Å². The summed E-state index contributed by atoms with van der Waals surface area (Å²) in [6.07, 6.45) is 5.56. The van der Waals surface area contributed by atoms with Gasteiger partial charge in [0.25, 0.3) is 0 Å². The largest absolute Gasteiger partial charge is 0.379 e. The lowest BCUT2D eigenvalue weighted by Crippen LogP contribution is -2.46. The Balaban J connectivity index is 1.32. The molecule has 1 atom stereocenters. The van der Waals surface area contributed by atoms with Crippen LogP contribution < -0.4 is 10.6 Å². The molecule has 1 aliphatic heterocycles. The van der Waals surface area contributed by atoms with Gasteiger partial charge in [-0.2, -0.15) is 5.26 Å². The van der Waals surface area contributed by atoms with E-state index in [1.165, 1.54) is 12.3 Å². The van der Waals surface area contributed by atoms with E-state index in [0.717, 1.165) is 42.9 Å². The Hall–Kier alpha value is -4.52. The maximum atomic E-state index is 14.4. The van der Waals surface area contributed by atoms with Crippen molar-refractivity contribution in [3.05, 3.63) is 112 Å². The third-order valence-electron chi connectivity index (χ3n) is 8.51. The highest BCUT2D eigenvalue weighted by Gasteiger charge is 2.29. The highest BCUT2D eigenvalue weighted by Crippen LogP contribution is 2.36. The summed E-state index contributed by atoms with van der Waals surface area (Å²) in [5, 5.41) is 27.1. The number of benzene rings is 3. The Morgan fingerprint density at radius 3 is 2.51 bits per heavy atom. The molecule has 1 fully saturated rings. The maximum absolute atomic E-state index is 14.4. The van der Waals surface area contributed by atoms with Gasteiger partial charge in [-0.3, -0.25) is 9.88 Å². The summed E-state index contributed by atoms with van der Waals surface area (Å²) in [5.74, 6) is -0.319. The molecule has 8 nitrogen and oxygen atoms in total. The molecule has 1 aliphatic rings. The van der Waals surface area contributed by atoms with E-state index in [1.807, 2.05) is 41.2 Å². The van der Waals surface area contributed by atoms with Gasteiger partial charge in [-0.05, 0) is 57.4 Å². The Bertz CT molecular complexity index is 1830. The van der Waals surface area contributed by atoms with E-state index in [0.29, 0.717) is 32.7 Å². The first-order valence-corrected chi connectivity index (χ1v) is 15.6. The van der Waals surface area contributed by atoms with Gasteiger partial charge in [0.2, 0.25) is 0 Å². The summed E-state index contributed by atoms with van der Waals surface area (Å²) in [5.41, 5.74) is 4.60. The van der Waals surface area contributed by atoms with Crippen LogP contribution >= 0.6 is 11.6 Å². The normalized spacial score (nSPS) is 15.1. The van der Waals surface area contributed by atoms with Gasteiger partial charge < -0.3 is 10.6 Å². The van der Waals surface area contributed by atoms with Crippen molar-refractivity contribution in [2.75, 3.05) is 23.7 Å². The number of fused-ring (bicyclic) bond motifs is 1. The zero-order chi connectivity index (χ0) is 31.6. The highest BCUT2D eigenvalue weighted by molar-refractivity contribution is 6.35. The molecule has 230 valence electrons. The van der Waals surface area contributed by atoms with Crippen molar-refractivity contribution in [3.63, 3.8) is 0 Å². The zero-order valence-electron chi connectivity index (χ0n) is 25.6. The fourth-order valence-electron chi connectivity index (χ4n) is 5.99. The third-order valence-corrected chi connectivity index (χ3v) is 8.80. The molecule has 5 aromatic rings. The van der Waals surface area contributed by atoms with E-state index in [9.17, 15) is 9.65 Å². The van der Waals surface area contributed by atoms with Crippen molar-refractivity contribution < 1.29 is 4.39 Å². The molecule has 1 saturated heterocycles. The quantitative estimate of drug-likeness (QED) is 0.183. The predicted molar refractivity (Wildman–Crippen MR) is 177 cm³/mol. The fraction of sp³-hybridized carbons (Fsp3) is 0.314. The number of rotatable bonds is 8. The molecule has 10 heteroatoms. The number of nitrogens with zero attached hydrogens (tertiary/aromatic N) is 6. The average molecular weight is 623 g/mol. The first-order chi connectivity index (χ1) is 21.7. The minimum atomic E-state index is -0.319. The van der Waals surface area contributed by atoms with E-state index in [2.05, 4.69) is 69.8 Å². The van der Waals surface area contributed by atoms with Crippen molar-refractivity contribution in [2.24, 2.45) is 0 Å². The first kappa shape index (κ1) is 30.5. The lowest BCUT2D eigenvalue weighted by atomic mass is 9.98. The van der Waals surface area contributed by atoms with Gasteiger partial charge in [-0.1, -0.05) is 65.3 Å². The molecule has 6 rings (SSSR count). The lowest BCUT2D eigenvalue weighted by Gasteiger charge is -2.40. The summed E-state index contributed by atoms with van der Waals surface area (Å²) in [6, 6.07) is 22.6. The van der Waals surface area contributed by atoms with E-state index in [-0.39, 0.29) is 30.0 Å². The van der Waals surface area contributed by atoms with E-state index < -0.39 is 0 Å². The third kappa shape index (κ3) is 6.63. The van der Waals surface area contributed by atoms with Crippen LogP contribution in [0.1, 0.15) is 68.1 Å². The van der Waals surface area contributed by atoms with Crippen LogP contribution in [0.25, 0.3) is 10.9 Å². The summed E-state index contributed by atoms with van der Waals surface area (Å²) >= 11 is 6.79. The van der Waals surface area contributed by atoms with Gasteiger partial charge in [0.1, 0.15) is 17.6 Å². The molecule has 1 unspecified atom stereocenters. The van der Waals surface area contributed by atoms with E-state index in [4.69, 9.17) is 11.6 Å². The van der Waals surface area contributed by atoms with Gasteiger partial charge in [0, 0.05) is 48.0 Å². The monoisotopic (exact) mass is 622 g/mol. The molecule has 2 N–H and O–H groups in total. The molecule has 0 bridgehead atoms. The number of nitriles is 1. The molecule has 2 aromatic heterocycles. The zero-order valence-corrected chi connectivity index (χ0v) is 26.4. The second kappa shape index (κ2) is 12.8. The Labute approximate surface area is 267 Å². The molecule has 0 aliphatic carbocycles. The minimum Gasteiger partial charge on any atom is -0.379 e. The van der Waals surface area contributed by atoms with E-state index >= 15 is 0 Å². The topological polar surface area (TPSA) is 94.7 Å². The van der Waals surface area contributed by atoms with Crippen molar-refractivity contribution in [3.8, 4) is 6.07 Å². The van der Waals surface area contributed by atoms with Gasteiger partial charge in [-0.15, -0.1) is 5.10 Å². The first-order valence-electron chi connectivity index (χ1n) is 15.2. The molecular formula is C35H36ClFN8. The molecule has 3 aromatic carbocycles. The number of likely N-dealkylation sites (tertiary alicyclic amines) is 1. The average Bonchev–Trinajstić information content (AvgIpc) is 3.53. The number of piperidine rings is 1. The standard InChI is InChI=1S/C35H36ClFN8/c1-35(2,3)44-15-13-27(14-16-44)45-22-31(42-43-45)33(23-9-5-4-6-10-23)41-26-17-28-32(39-20-24-11-7-8-12-30(24)37)25(19-38)21-40-34(28)29(36)18-26/h4-12,17-18,21-22,27,33,41H,13-16,20H2,1-3H3,(H,39,40). The number of hydrogen-bond acceptors (Lipinski definition) is 7. The molecule has 0 radical (unpaired) electrons. The van der Waals surface area contributed by atoms with Crippen LogP contribution in [0.3, 0.4) is 0 Å². The number of hydrogen-bond donors (Lipinski definition) is 2. The maximum Gasteiger partial charge on any atom is 0.128 e. The van der Waals surface area contributed by atoms with Crippen LogP contribution in [0.5, 0.6) is 0 Å². The van der Waals surface area contributed by atoms with Gasteiger partial charge in [0.15, 0.2) is 0 Å². The van der Waals surface area contributed by atoms with Crippen molar-refractivity contribution in [1.29, 1.82) is 5.26 Å². The fourth-order valence-corrected chi connectivity index (χ4v) is 6.25. The van der Waals surface area contributed by atoms with Crippen LogP contribution in [-0.4, -0.2) is 43.5 Å². The number of halogens is 2. The summed E-state index contributed by atoms with van der Waals surface area (Å²) in [6.45, 7) is 9.01. The van der Waals surface area contributed by atoms with Crippen LogP contribution in [0, 0.1) is 17.1 Å². The predicted octanol–water partition coefficient (Wildman–Crippen LogP) is 7.74. The molecule has 0 amide bonds. The number of anilines is 2. The Kier molecular flexibility index (Phi) is 8.70. The van der Waals surface area contributed by atoms with E-state index in [1.54, 1.807) is 18.2 Å². The van der Waals surface area contributed by atoms with Crippen LogP contribution in [-0.2, 0) is 6.54 Å². The summed E-state index contributed by atoms with van der Waals surface area (Å²) < 4.78 is 16.4. The molecule has 3 heterocycles. The van der Waals surface area contributed by atoms with Gasteiger partial charge >= 0.3 is 0 Å². The van der Waals surface area contributed by atoms with Gasteiger partial charge in [0.05, 0.1) is 40.1 Å². The number of nitrogens with one attached hydrogen (secondary N) is 2. The van der Waals surface area contributed by atoms with Crippen molar-refractivity contribution in [2.45, 2.75) is 57.8 Å². The van der Waals surface area contributed by atoms with Crippen molar-refractivity contribution >= 4 is 33.9 Å². The molecule has 45 heavy (non-hydrogen) atoms. The molecule has 0 spiro atoms. The minimum absolute atomic E-state index is 0.151. The number of pyridine rings is 1. The summed E-state index contributed by atoms with van der Waals surface area (Å²) in [4.78, 5) is 6.99. The second-order valence-electron chi connectivity index (χ2n) is 12.5. The summed E-state index contributed by atoms with van der Waals surface area (Å²) in [7, 11) is 0. The van der Waals surface area contributed by atoms with Crippen LogP contribution in [0.2, 0.25) is 5.02 Å². The number of aromatic nitrogens is 4. The molecule has 0 saturated carbocycles. The lowest BCUT2D eigenvalue weighted by molar-refractivity contribution is 0.0866. The SMILES string of the molecule is CC(C)(C)N1CCC(n2cc(C(Nc3cc(Cl)c4ncc(C#N)c(NCc5ccccc5F)c4c3)c3ccccc3)nn2)CC1. The smallest absolute Gasteiger partial charge is 0.128 e. The Morgan fingerprint density at radius 1 is 1.07 bits per heavy atom. The Morgan fingerprint density at radius 2 is 1.80 bits per heavy atom. The van der Waals surface area contributed by atoms with Crippen molar-refractivity contribution in [1.82, 2.24) is 24.9 Å². The van der Waals surface area contributed by atoms with Gasteiger partial charge in [-0.25, -0.2) is 9.07 Å². The van der Waals surface area contributed by atoms with Crippen LogP contribution in [0.15, 0.2) is 79.1 Å². The second-order valence-corrected chi connectivity index (χ2v) is 12.9. The molecular weight excluding hydrogens is 587 g/mol. The highest BCUT2D eigenvalue weighted by atomic mass is 35.5.